The van der Waals surface area contributed by atoms with E-state index in [0.717, 1.165) is 51.4 Å². The third-order valence-corrected chi connectivity index (χ3v) is 14.2. The predicted molar refractivity (Wildman–Crippen MR) is 313 cm³/mol. The van der Waals surface area contributed by atoms with Crippen LogP contribution in [0.5, 0.6) is 0 Å². The standard InChI is InChI=1S/4C14H30O5S.Ti/c4*1-2-3-4-5-6-7-8-9-10-11-12-18-13-14-19-20(15,16)17;/h4*2-14H2,1H3,(H,15,16,17);/q;;;;+4/p-4. The Kier molecular flexibility index (Phi) is 78.5. The predicted octanol–water partition coefficient (Wildman–Crippen LogP) is 13.6. The molecular formula is C56H116O20S4Ti. The van der Waals surface area contributed by atoms with Gasteiger partial charge in [-0.3, -0.25) is 16.7 Å². The van der Waals surface area contributed by atoms with Gasteiger partial charge in [-0.2, -0.15) is 0 Å². The molecule has 0 rings (SSSR count). The first kappa shape index (κ1) is 89.8. The van der Waals surface area contributed by atoms with E-state index >= 15 is 0 Å². The summed E-state index contributed by atoms with van der Waals surface area (Å²) in [4.78, 5) is 0. The van der Waals surface area contributed by atoms with Crippen molar-refractivity contribution in [3.8, 4) is 0 Å². The SMILES string of the molecule is CCCCCCCCCCCCOCCOS(=O)(=O)[O-].CCCCCCCCCCCCOCCOS(=O)(=O)[O-].CCCCCCCCCCCCOCCOS(=O)(=O)[O-].CCCCCCCCCCCCOCCOS(=O)(=O)[O-].[Ti+4]. The van der Waals surface area contributed by atoms with Gasteiger partial charge in [-0.15, -0.1) is 0 Å². The second-order valence-corrected chi connectivity index (χ2v) is 24.3. The Bertz CT molecular complexity index is 1410. The van der Waals surface area contributed by atoms with Gasteiger partial charge < -0.3 is 37.2 Å². The Labute approximate surface area is 511 Å². The third kappa shape index (κ3) is 105. The largest absolute Gasteiger partial charge is 4.00 e. The zero-order valence-corrected chi connectivity index (χ0v) is 55.9. The molecular weight excluding hydrogens is 1170 g/mol. The van der Waals surface area contributed by atoms with Crippen LogP contribution in [0.2, 0.25) is 0 Å². The Morgan fingerprint density at radius 1 is 0.198 bits per heavy atom. The number of unbranched alkanes of at least 4 members (excludes halogenated alkanes) is 36. The van der Waals surface area contributed by atoms with E-state index < -0.39 is 41.6 Å². The number of rotatable bonds is 60. The van der Waals surface area contributed by atoms with Crippen molar-refractivity contribution in [3.63, 3.8) is 0 Å². The van der Waals surface area contributed by atoms with E-state index in [1.165, 1.54) is 205 Å². The van der Waals surface area contributed by atoms with Gasteiger partial charge in [0, 0.05) is 26.4 Å². The Morgan fingerprint density at radius 2 is 0.321 bits per heavy atom. The van der Waals surface area contributed by atoms with Crippen molar-refractivity contribution < 1.29 is 109 Å². The Balaban J connectivity index is -0.000000316. The van der Waals surface area contributed by atoms with Crippen LogP contribution in [0.1, 0.15) is 285 Å². The molecule has 0 aliphatic heterocycles. The average molecular weight is 1290 g/mol. The topological polar surface area (TPSA) is 303 Å². The fourth-order valence-electron chi connectivity index (χ4n) is 7.95. The van der Waals surface area contributed by atoms with Crippen LogP contribution < -0.4 is 0 Å². The summed E-state index contributed by atoms with van der Waals surface area (Å²) >= 11 is 0. The number of hydrogen-bond acceptors (Lipinski definition) is 20. The fraction of sp³-hybridized carbons (Fsp3) is 1.00. The smallest absolute Gasteiger partial charge is 0.726 e. The monoisotopic (exact) mass is 1280 g/mol. The molecule has 0 atom stereocenters. The molecule has 81 heavy (non-hydrogen) atoms. The maximum absolute atomic E-state index is 10.1. The van der Waals surface area contributed by atoms with E-state index in [2.05, 4.69) is 44.4 Å². The molecule has 0 aliphatic carbocycles. The van der Waals surface area contributed by atoms with E-state index in [9.17, 15) is 51.9 Å². The minimum absolute atomic E-state index is 0. The molecule has 0 N–H and O–H groups in total. The maximum Gasteiger partial charge on any atom is 4.00 e. The molecule has 0 unspecified atom stereocenters. The van der Waals surface area contributed by atoms with Gasteiger partial charge >= 0.3 is 21.7 Å². The summed E-state index contributed by atoms with van der Waals surface area (Å²) in [5.41, 5.74) is 0. The second-order valence-electron chi connectivity index (χ2n) is 20.1. The van der Waals surface area contributed by atoms with Gasteiger partial charge in [0.05, 0.1) is 52.9 Å². The van der Waals surface area contributed by atoms with Crippen LogP contribution in [0.25, 0.3) is 0 Å². The van der Waals surface area contributed by atoms with E-state index in [-0.39, 0.29) is 74.6 Å². The van der Waals surface area contributed by atoms with E-state index in [4.69, 9.17) is 18.9 Å². The maximum atomic E-state index is 10.1. The molecule has 488 valence electrons. The third-order valence-electron chi connectivity index (χ3n) is 12.4. The fourth-order valence-corrected chi connectivity index (χ4v) is 9.04. The molecule has 0 fully saturated rings. The van der Waals surface area contributed by atoms with Crippen molar-refractivity contribution in [2.75, 3.05) is 79.3 Å². The summed E-state index contributed by atoms with van der Waals surface area (Å²) in [5, 5.41) is 0. The summed E-state index contributed by atoms with van der Waals surface area (Å²) in [6.07, 6.45) is 50.6. The summed E-state index contributed by atoms with van der Waals surface area (Å²) < 4.78 is 158. The van der Waals surface area contributed by atoms with E-state index in [1.807, 2.05) is 0 Å². The van der Waals surface area contributed by atoms with Crippen molar-refractivity contribution in [1.82, 2.24) is 0 Å². The zero-order valence-electron chi connectivity index (χ0n) is 51.1. The van der Waals surface area contributed by atoms with Crippen LogP contribution in [0.4, 0.5) is 0 Å². The minimum atomic E-state index is -4.57. The van der Waals surface area contributed by atoms with Gasteiger partial charge in [-0.05, 0) is 25.7 Å². The zero-order chi connectivity index (χ0) is 60.4. The van der Waals surface area contributed by atoms with Crippen molar-refractivity contribution in [2.24, 2.45) is 0 Å². The molecule has 0 amide bonds. The molecule has 0 saturated carbocycles. The molecule has 25 heteroatoms. The first-order valence-electron chi connectivity index (χ1n) is 31.0. The summed E-state index contributed by atoms with van der Waals surface area (Å²) in [6, 6.07) is 0. The van der Waals surface area contributed by atoms with Crippen molar-refractivity contribution in [2.45, 2.75) is 285 Å². The van der Waals surface area contributed by atoms with Crippen LogP contribution >= 0.6 is 0 Å². The molecule has 0 bridgehead atoms. The first-order chi connectivity index (χ1) is 38.2. The Morgan fingerprint density at radius 3 is 0.444 bits per heavy atom. The Hall–Kier alpha value is 0.0343. The van der Waals surface area contributed by atoms with Crippen LogP contribution in [0.15, 0.2) is 0 Å². The van der Waals surface area contributed by atoms with Gasteiger partial charge in [0.25, 0.3) is 0 Å². The second kappa shape index (κ2) is 70.8. The first-order valence-corrected chi connectivity index (χ1v) is 36.3. The van der Waals surface area contributed by atoms with Crippen LogP contribution in [-0.2, 0) is 99.0 Å². The molecule has 0 radical (unpaired) electrons. The minimum Gasteiger partial charge on any atom is -0.726 e. The van der Waals surface area contributed by atoms with E-state index in [1.54, 1.807) is 0 Å². The molecule has 0 aromatic carbocycles. The molecule has 0 aromatic rings. The van der Waals surface area contributed by atoms with Gasteiger partial charge in [-0.1, -0.05) is 259 Å². The molecule has 0 aromatic heterocycles. The molecule has 0 saturated heterocycles. The van der Waals surface area contributed by atoms with Crippen molar-refractivity contribution in [3.05, 3.63) is 0 Å². The van der Waals surface area contributed by atoms with Gasteiger partial charge in [0.1, 0.15) is 0 Å². The normalized spacial score (nSPS) is 11.8. The van der Waals surface area contributed by atoms with Gasteiger partial charge in [-0.25, -0.2) is 33.7 Å². The molecule has 20 nitrogen and oxygen atoms in total. The van der Waals surface area contributed by atoms with Gasteiger partial charge in [0.15, 0.2) is 0 Å². The summed E-state index contributed by atoms with van der Waals surface area (Å²) in [7, 11) is -18.3. The van der Waals surface area contributed by atoms with E-state index in [0.29, 0.717) is 26.4 Å². The van der Waals surface area contributed by atoms with Gasteiger partial charge in [0.2, 0.25) is 41.6 Å². The van der Waals surface area contributed by atoms with Crippen LogP contribution in [0, 0.1) is 0 Å². The number of ether oxygens (including phenoxy) is 4. The quantitative estimate of drug-likeness (QED) is 0.0236. The number of hydrogen-bond donors (Lipinski definition) is 0. The molecule has 0 spiro atoms. The van der Waals surface area contributed by atoms with Crippen LogP contribution in [0.3, 0.4) is 0 Å². The van der Waals surface area contributed by atoms with Crippen molar-refractivity contribution >= 4 is 41.6 Å². The summed E-state index contributed by atoms with van der Waals surface area (Å²) in [5.74, 6) is 0. The van der Waals surface area contributed by atoms with Crippen LogP contribution in [-0.4, -0.2) is 131 Å². The van der Waals surface area contributed by atoms with Crippen molar-refractivity contribution in [1.29, 1.82) is 0 Å². The summed E-state index contributed by atoms with van der Waals surface area (Å²) in [6.45, 7) is 11.1. The molecule has 0 aliphatic rings. The average Bonchev–Trinajstić information content (AvgIpc) is 3.38. The molecule has 0 heterocycles.